The zero-order valence-corrected chi connectivity index (χ0v) is 17.1. The molecule has 1 saturated heterocycles. The molecule has 5 heteroatoms. The van der Waals surface area contributed by atoms with Crippen molar-refractivity contribution >= 4 is 23.6 Å². The van der Waals surface area contributed by atoms with Crippen LogP contribution in [0, 0.1) is 5.92 Å². The van der Waals surface area contributed by atoms with Gasteiger partial charge in [-0.15, -0.1) is 11.8 Å². The molecule has 1 amide bonds. The van der Waals surface area contributed by atoms with E-state index in [9.17, 15) is 9.59 Å². The van der Waals surface area contributed by atoms with Crippen molar-refractivity contribution in [1.29, 1.82) is 0 Å². The van der Waals surface area contributed by atoms with Gasteiger partial charge in [0.05, 0.1) is 12.0 Å². The fourth-order valence-corrected chi connectivity index (χ4v) is 5.78. The minimum Gasteiger partial charge on any atom is -0.464 e. The molecule has 0 bridgehead atoms. The Morgan fingerprint density at radius 2 is 1.89 bits per heavy atom. The van der Waals surface area contributed by atoms with Crippen LogP contribution in [0.1, 0.15) is 57.4 Å². The largest absolute Gasteiger partial charge is 0.464 e. The van der Waals surface area contributed by atoms with Gasteiger partial charge < -0.3 is 9.64 Å². The topological polar surface area (TPSA) is 46.6 Å². The molecule has 3 rings (SSSR count). The third kappa shape index (κ3) is 5.28. The van der Waals surface area contributed by atoms with Gasteiger partial charge in [0.15, 0.2) is 0 Å². The molecule has 1 aromatic carbocycles. The fourth-order valence-electron chi connectivity index (χ4n) is 4.13. The van der Waals surface area contributed by atoms with E-state index in [2.05, 4.69) is 12.1 Å². The number of hydrogen-bond acceptors (Lipinski definition) is 4. The van der Waals surface area contributed by atoms with Crippen LogP contribution < -0.4 is 0 Å². The van der Waals surface area contributed by atoms with Gasteiger partial charge in [0.1, 0.15) is 6.04 Å². The molecule has 1 aliphatic carbocycles. The van der Waals surface area contributed by atoms with Crippen LogP contribution in [0.2, 0.25) is 0 Å². The van der Waals surface area contributed by atoms with E-state index in [-0.39, 0.29) is 17.3 Å². The second kappa shape index (κ2) is 10.2. The number of thioether (sulfide) groups is 1. The van der Waals surface area contributed by atoms with Gasteiger partial charge in [-0.3, -0.25) is 4.79 Å². The summed E-state index contributed by atoms with van der Waals surface area (Å²) in [5, 5.41) is 0.132. The number of aryl methyl sites for hydroxylation is 1. The second-order valence-corrected chi connectivity index (χ2v) is 8.74. The zero-order valence-electron chi connectivity index (χ0n) is 16.3. The summed E-state index contributed by atoms with van der Waals surface area (Å²) in [5.74, 6) is 1.04. The summed E-state index contributed by atoms with van der Waals surface area (Å²) in [5.41, 5.74) is 1.16. The van der Waals surface area contributed by atoms with Crippen molar-refractivity contribution in [3.63, 3.8) is 0 Å². The Kier molecular flexibility index (Phi) is 7.62. The summed E-state index contributed by atoms with van der Waals surface area (Å²) in [6.45, 7) is 2.42. The SMILES string of the molecule is CCCOC(=O)C1CSC(C2CCCCC2)N1C(=O)CCc1ccccc1. The van der Waals surface area contributed by atoms with Gasteiger partial charge in [-0.1, -0.05) is 56.5 Å². The lowest BCUT2D eigenvalue weighted by molar-refractivity contribution is -0.154. The van der Waals surface area contributed by atoms with Crippen LogP contribution in [0.15, 0.2) is 30.3 Å². The van der Waals surface area contributed by atoms with E-state index in [1.807, 2.05) is 30.0 Å². The lowest BCUT2D eigenvalue weighted by Gasteiger charge is -2.35. The van der Waals surface area contributed by atoms with Gasteiger partial charge in [0.2, 0.25) is 5.91 Å². The minimum atomic E-state index is -0.420. The highest BCUT2D eigenvalue weighted by atomic mass is 32.2. The summed E-state index contributed by atoms with van der Waals surface area (Å²) in [6, 6.07) is 9.68. The molecule has 1 aromatic rings. The Balaban J connectivity index is 1.70. The van der Waals surface area contributed by atoms with Gasteiger partial charge in [-0.2, -0.15) is 0 Å². The molecule has 0 N–H and O–H groups in total. The van der Waals surface area contributed by atoms with E-state index < -0.39 is 6.04 Å². The number of esters is 1. The first-order chi connectivity index (χ1) is 13.2. The Hall–Kier alpha value is -1.49. The fraction of sp³-hybridized carbons (Fsp3) is 0.636. The number of amides is 1. The van der Waals surface area contributed by atoms with E-state index in [0.717, 1.165) is 31.2 Å². The van der Waals surface area contributed by atoms with E-state index >= 15 is 0 Å². The lowest BCUT2D eigenvalue weighted by Crippen LogP contribution is -2.48. The Morgan fingerprint density at radius 1 is 1.15 bits per heavy atom. The molecule has 0 aromatic heterocycles. The summed E-state index contributed by atoms with van der Waals surface area (Å²) >= 11 is 1.78. The van der Waals surface area contributed by atoms with Crippen LogP contribution >= 0.6 is 11.8 Å². The molecular weight excluding hydrogens is 358 g/mol. The van der Waals surface area contributed by atoms with Gasteiger partial charge >= 0.3 is 5.97 Å². The molecule has 1 heterocycles. The van der Waals surface area contributed by atoms with E-state index in [1.165, 1.54) is 19.3 Å². The molecule has 4 nitrogen and oxygen atoms in total. The van der Waals surface area contributed by atoms with Crippen molar-refractivity contribution in [3.8, 4) is 0 Å². The van der Waals surface area contributed by atoms with Crippen LogP contribution in [-0.2, 0) is 20.7 Å². The highest BCUT2D eigenvalue weighted by molar-refractivity contribution is 8.00. The molecule has 2 unspecified atom stereocenters. The monoisotopic (exact) mass is 389 g/mol. The van der Waals surface area contributed by atoms with Gasteiger partial charge in [0, 0.05) is 12.2 Å². The summed E-state index contributed by atoms with van der Waals surface area (Å²) in [4.78, 5) is 27.6. The molecule has 1 aliphatic heterocycles. The van der Waals surface area contributed by atoms with Crippen LogP contribution in [0.4, 0.5) is 0 Å². The Bertz CT molecular complexity index is 615. The zero-order chi connectivity index (χ0) is 19.1. The Labute approximate surface area is 167 Å². The van der Waals surface area contributed by atoms with Crippen molar-refractivity contribution in [2.24, 2.45) is 5.92 Å². The maximum Gasteiger partial charge on any atom is 0.329 e. The molecule has 1 saturated carbocycles. The molecule has 148 valence electrons. The quantitative estimate of drug-likeness (QED) is 0.648. The van der Waals surface area contributed by atoms with Crippen molar-refractivity contribution < 1.29 is 14.3 Å². The van der Waals surface area contributed by atoms with Crippen molar-refractivity contribution in [2.45, 2.75) is 69.7 Å². The number of hydrogen-bond donors (Lipinski definition) is 0. The van der Waals surface area contributed by atoms with Crippen molar-refractivity contribution in [3.05, 3.63) is 35.9 Å². The van der Waals surface area contributed by atoms with Crippen LogP contribution in [0.25, 0.3) is 0 Å². The smallest absolute Gasteiger partial charge is 0.329 e. The number of ether oxygens (including phenoxy) is 1. The average Bonchev–Trinajstić information content (AvgIpc) is 3.17. The standard InChI is InChI=1S/C22H31NO3S/c1-2-15-26-22(25)19-16-27-21(18-11-7-4-8-12-18)23(19)20(24)14-13-17-9-5-3-6-10-17/h3,5-6,9-10,18-19,21H,2,4,7-8,11-16H2,1H3. The second-order valence-electron chi connectivity index (χ2n) is 7.59. The highest BCUT2D eigenvalue weighted by Crippen LogP contribution is 2.41. The molecule has 0 spiro atoms. The summed E-state index contributed by atoms with van der Waals surface area (Å²) < 4.78 is 5.41. The molecule has 0 radical (unpaired) electrons. The van der Waals surface area contributed by atoms with E-state index in [1.54, 1.807) is 11.8 Å². The van der Waals surface area contributed by atoms with Crippen molar-refractivity contribution in [1.82, 2.24) is 4.90 Å². The van der Waals surface area contributed by atoms with Crippen LogP contribution in [-0.4, -0.2) is 40.6 Å². The van der Waals surface area contributed by atoms with Crippen LogP contribution in [0.5, 0.6) is 0 Å². The maximum atomic E-state index is 13.2. The van der Waals surface area contributed by atoms with Gasteiger partial charge in [0.25, 0.3) is 0 Å². The van der Waals surface area contributed by atoms with E-state index in [4.69, 9.17) is 4.74 Å². The molecule has 2 atom stereocenters. The number of nitrogens with zero attached hydrogens (tertiary/aromatic N) is 1. The molecular formula is C22H31NO3S. The average molecular weight is 390 g/mol. The third-order valence-corrected chi connectivity index (χ3v) is 7.03. The summed E-state index contributed by atoms with van der Waals surface area (Å²) in [7, 11) is 0. The normalized spacial score (nSPS) is 23.4. The number of benzene rings is 1. The first-order valence-corrected chi connectivity index (χ1v) is 11.4. The van der Waals surface area contributed by atoms with Crippen LogP contribution in [0.3, 0.4) is 0 Å². The summed E-state index contributed by atoms with van der Waals surface area (Å²) in [6.07, 6.45) is 8.06. The van der Waals surface area contributed by atoms with E-state index in [0.29, 0.717) is 24.7 Å². The number of carbonyl (C=O) groups excluding carboxylic acids is 2. The number of carbonyl (C=O) groups is 2. The maximum absolute atomic E-state index is 13.2. The van der Waals surface area contributed by atoms with Gasteiger partial charge in [-0.25, -0.2) is 4.79 Å². The molecule has 2 fully saturated rings. The first kappa shape index (κ1) is 20.2. The predicted octanol–water partition coefficient (Wildman–Crippen LogP) is 4.42. The lowest BCUT2D eigenvalue weighted by atomic mass is 9.88. The first-order valence-electron chi connectivity index (χ1n) is 10.3. The minimum absolute atomic E-state index is 0.0953. The molecule has 27 heavy (non-hydrogen) atoms. The highest BCUT2D eigenvalue weighted by Gasteiger charge is 2.45. The van der Waals surface area contributed by atoms with Gasteiger partial charge in [-0.05, 0) is 37.2 Å². The Morgan fingerprint density at radius 3 is 2.59 bits per heavy atom. The third-order valence-electron chi connectivity index (χ3n) is 5.57. The molecule has 2 aliphatic rings. The van der Waals surface area contributed by atoms with Crippen molar-refractivity contribution in [2.75, 3.05) is 12.4 Å². The number of rotatable bonds is 7. The predicted molar refractivity (Wildman–Crippen MR) is 109 cm³/mol.